The third-order valence-electron chi connectivity index (χ3n) is 3.63. The van der Waals surface area contributed by atoms with Crippen molar-refractivity contribution >= 4 is 38.4 Å². The highest BCUT2D eigenvalue weighted by Crippen LogP contribution is 2.41. The van der Waals surface area contributed by atoms with E-state index in [2.05, 4.69) is 9.71 Å². The lowest BCUT2D eigenvalue weighted by molar-refractivity contribution is -0.0431. The van der Waals surface area contributed by atoms with Crippen LogP contribution in [0.2, 0.25) is 0 Å². The molecule has 0 atom stereocenters. The summed E-state index contributed by atoms with van der Waals surface area (Å²) in [6, 6.07) is 8.34. The van der Waals surface area contributed by atoms with Crippen LogP contribution in [0.4, 0.5) is 5.69 Å². The van der Waals surface area contributed by atoms with Crippen LogP contribution in [0.1, 0.15) is 18.9 Å². The molecule has 6 nitrogen and oxygen atoms in total. The predicted molar refractivity (Wildman–Crippen MR) is 103 cm³/mol. The van der Waals surface area contributed by atoms with Gasteiger partial charge in [-0.25, -0.2) is 13.4 Å². The van der Waals surface area contributed by atoms with Crippen molar-refractivity contribution in [3.63, 3.8) is 0 Å². The molecule has 0 unspecified atom stereocenters. The molecule has 3 heterocycles. The summed E-state index contributed by atoms with van der Waals surface area (Å²) in [6.45, 7) is 5.51. The van der Waals surface area contributed by atoms with Gasteiger partial charge in [0, 0.05) is 25.3 Å². The molecule has 0 bridgehead atoms. The first-order valence-corrected chi connectivity index (χ1v) is 11.0. The van der Waals surface area contributed by atoms with Gasteiger partial charge < -0.3 is 9.47 Å². The maximum Gasteiger partial charge on any atom is 0.271 e. The van der Waals surface area contributed by atoms with E-state index in [0.717, 1.165) is 15.6 Å². The van der Waals surface area contributed by atoms with E-state index in [1.165, 1.54) is 22.7 Å². The Balaban J connectivity index is 1.58. The minimum absolute atomic E-state index is 0.233. The first-order chi connectivity index (χ1) is 12.2. The molecule has 0 aliphatic carbocycles. The van der Waals surface area contributed by atoms with Crippen molar-refractivity contribution in [2.45, 2.75) is 30.8 Å². The molecule has 0 fully saturated rings. The Bertz CT molecular complexity index is 1080. The zero-order valence-electron chi connectivity index (χ0n) is 14.3. The number of ether oxygens (including phenoxy) is 2. The summed E-state index contributed by atoms with van der Waals surface area (Å²) >= 11 is 2.72. The lowest BCUT2D eigenvalue weighted by atomic mass is 10.3. The van der Waals surface area contributed by atoms with Crippen molar-refractivity contribution in [3.8, 4) is 22.1 Å². The average molecular weight is 409 g/mol. The zero-order valence-corrected chi connectivity index (χ0v) is 16.7. The van der Waals surface area contributed by atoms with Gasteiger partial charge in [-0.05, 0) is 31.2 Å². The minimum Gasteiger partial charge on any atom is -0.449 e. The largest absolute Gasteiger partial charge is 0.449 e. The second kappa shape index (κ2) is 5.97. The topological polar surface area (TPSA) is 77.5 Å². The van der Waals surface area contributed by atoms with E-state index in [9.17, 15) is 8.42 Å². The molecule has 26 heavy (non-hydrogen) atoms. The number of thiophene rings is 1. The number of nitrogens with zero attached hydrogens (tertiary/aromatic N) is 1. The highest BCUT2D eigenvalue weighted by atomic mass is 32.2. The van der Waals surface area contributed by atoms with E-state index in [1.54, 1.807) is 44.2 Å². The Morgan fingerprint density at radius 3 is 2.62 bits per heavy atom. The van der Waals surface area contributed by atoms with Crippen molar-refractivity contribution < 1.29 is 17.9 Å². The highest BCUT2D eigenvalue weighted by molar-refractivity contribution is 7.94. The van der Waals surface area contributed by atoms with Gasteiger partial charge in [0.05, 0.1) is 21.3 Å². The summed E-state index contributed by atoms with van der Waals surface area (Å²) in [4.78, 5) is 5.22. The number of thiazole rings is 1. The molecule has 0 saturated carbocycles. The van der Waals surface area contributed by atoms with Gasteiger partial charge in [-0.2, -0.15) is 0 Å². The second-order valence-corrected chi connectivity index (χ2v) is 10.3. The molecule has 1 aliphatic rings. The quantitative estimate of drug-likeness (QED) is 0.688. The van der Waals surface area contributed by atoms with E-state index in [1.807, 2.05) is 12.3 Å². The second-order valence-electron chi connectivity index (χ2n) is 6.24. The summed E-state index contributed by atoms with van der Waals surface area (Å²) in [5, 5.41) is 2.86. The van der Waals surface area contributed by atoms with Gasteiger partial charge in [-0.1, -0.05) is 0 Å². The Hall–Kier alpha value is -2.10. The number of aromatic nitrogens is 1. The first kappa shape index (κ1) is 17.3. The Labute approximate surface area is 159 Å². The van der Waals surface area contributed by atoms with Gasteiger partial charge in [-0.3, -0.25) is 4.72 Å². The molecule has 4 rings (SSSR count). The van der Waals surface area contributed by atoms with Crippen LogP contribution in [0.25, 0.3) is 10.6 Å². The number of benzene rings is 1. The smallest absolute Gasteiger partial charge is 0.271 e. The van der Waals surface area contributed by atoms with Crippen molar-refractivity contribution in [2.24, 2.45) is 0 Å². The maximum absolute atomic E-state index is 12.7. The van der Waals surface area contributed by atoms with Crippen LogP contribution in [0.5, 0.6) is 11.5 Å². The third-order valence-corrected chi connectivity index (χ3v) is 7.38. The van der Waals surface area contributed by atoms with Crippen molar-refractivity contribution in [1.29, 1.82) is 0 Å². The fourth-order valence-electron chi connectivity index (χ4n) is 2.57. The van der Waals surface area contributed by atoms with Crippen LogP contribution in [0.3, 0.4) is 0 Å². The van der Waals surface area contributed by atoms with Crippen LogP contribution in [-0.2, 0) is 10.0 Å². The van der Waals surface area contributed by atoms with Gasteiger partial charge in [0.2, 0.25) is 5.79 Å². The van der Waals surface area contributed by atoms with E-state index in [-0.39, 0.29) is 4.21 Å². The van der Waals surface area contributed by atoms with Gasteiger partial charge in [0.1, 0.15) is 4.21 Å². The number of hydrogen-bond acceptors (Lipinski definition) is 7. The van der Waals surface area contributed by atoms with Crippen molar-refractivity contribution in [2.75, 3.05) is 4.72 Å². The average Bonchev–Trinajstić information content (AvgIpc) is 3.23. The molecular weight excluding hydrogens is 392 g/mol. The van der Waals surface area contributed by atoms with E-state index in [0.29, 0.717) is 17.2 Å². The molecule has 0 saturated heterocycles. The molecule has 3 aromatic rings. The zero-order chi connectivity index (χ0) is 18.5. The standard InChI is InChI=1S/C17H16N2O4S3/c1-10-18-12(9-24-10)15-6-7-16(25-15)26(20,21)19-11-4-5-13-14(8-11)23-17(2,3)22-13/h4-9,19H,1-3H3. The van der Waals surface area contributed by atoms with Crippen LogP contribution in [0.15, 0.2) is 39.9 Å². The molecule has 0 radical (unpaired) electrons. The number of fused-ring (bicyclic) bond motifs is 1. The lowest BCUT2D eigenvalue weighted by Crippen LogP contribution is -2.29. The SMILES string of the molecule is Cc1nc(-c2ccc(S(=O)(=O)Nc3ccc4c(c3)OC(C)(C)O4)s2)cs1. The number of rotatable bonds is 4. The molecular formula is C17H16N2O4S3. The maximum atomic E-state index is 12.7. The van der Waals surface area contributed by atoms with Gasteiger partial charge >= 0.3 is 0 Å². The number of sulfonamides is 1. The van der Waals surface area contributed by atoms with E-state index in [4.69, 9.17) is 9.47 Å². The molecule has 2 aromatic heterocycles. The summed E-state index contributed by atoms with van der Waals surface area (Å²) in [5.41, 5.74) is 1.22. The van der Waals surface area contributed by atoms with Crippen LogP contribution in [0, 0.1) is 6.92 Å². The minimum atomic E-state index is -3.69. The van der Waals surface area contributed by atoms with Gasteiger partial charge in [-0.15, -0.1) is 22.7 Å². The number of hydrogen-bond donors (Lipinski definition) is 1. The summed E-state index contributed by atoms with van der Waals surface area (Å²) < 4.78 is 39.5. The highest BCUT2D eigenvalue weighted by Gasteiger charge is 2.32. The summed E-state index contributed by atoms with van der Waals surface area (Å²) in [7, 11) is -3.69. The molecule has 0 spiro atoms. The molecule has 0 amide bonds. The van der Waals surface area contributed by atoms with Gasteiger partial charge in [0.15, 0.2) is 11.5 Å². The Morgan fingerprint density at radius 1 is 1.12 bits per heavy atom. The summed E-state index contributed by atoms with van der Waals surface area (Å²) in [6.07, 6.45) is 0. The van der Waals surface area contributed by atoms with Gasteiger partial charge in [0.25, 0.3) is 10.0 Å². The normalized spacial score (nSPS) is 15.2. The first-order valence-electron chi connectivity index (χ1n) is 7.79. The molecule has 136 valence electrons. The molecule has 1 aliphatic heterocycles. The lowest BCUT2D eigenvalue weighted by Gasteiger charge is -2.16. The van der Waals surface area contributed by atoms with Crippen molar-refractivity contribution in [1.82, 2.24) is 4.98 Å². The summed E-state index contributed by atoms with van der Waals surface area (Å²) in [5.74, 6) is 0.351. The fourth-order valence-corrected chi connectivity index (χ4v) is 5.57. The van der Waals surface area contributed by atoms with E-state index >= 15 is 0 Å². The van der Waals surface area contributed by atoms with Crippen LogP contribution < -0.4 is 14.2 Å². The fraction of sp³-hybridized carbons (Fsp3) is 0.235. The molecule has 1 aromatic carbocycles. The predicted octanol–water partition coefficient (Wildman–Crippen LogP) is 4.49. The number of aryl methyl sites for hydroxylation is 1. The number of anilines is 1. The molecule has 1 N–H and O–H groups in total. The monoisotopic (exact) mass is 408 g/mol. The Kier molecular flexibility index (Phi) is 3.98. The van der Waals surface area contributed by atoms with Crippen molar-refractivity contribution in [3.05, 3.63) is 40.7 Å². The molecule has 9 heteroatoms. The number of nitrogens with one attached hydrogen (secondary N) is 1. The van der Waals surface area contributed by atoms with Crippen LogP contribution in [-0.4, -0.2) is 19.2 Å². The van der Waals surface area contributed by atoms with E-state index < -0.39 is 15.8 Å². The van der Waals surface area contributed by atoms with Crippen LogP contribution >= 0.6 is 22.7 Å². The third kappa shape index (κ3) is 3.29. The Morgan fingerprint density at radius 2 is 1.88 bits per heavy atom.